The highest BCUT2D eigenvalue weighted by Gasteiger charge is 2.07. The van der Waals surface area contributed by atoms with Gasteiger partial charge in [-0.3, -0.25) is 4.68 Å². The highest BCUT2D eigenvalue weighted by atomic mass is 16.5. The molecule has 0 aliphatic heterocycles. The van der Waals surface area contributed by atoms with Crippen LogP contribution in [-0.4, -0.2) is 29.0 Å². The molecule has 25 heavy (non-hydrogen) atoms. The van der Waals surface area contributed by atoms with E-state index in [4.69, 9.17) is 4.74 Å². The zero-order chi connectivity index (χ0) is 18.4. The number of aryl methyl sites for hydroxylation is 1. The van der Waals surface area contributed by atoms with Crippen LogP contribution in [0.15, 0.2) is 36.4 Å². The lowest BCUT2D eigenvalue weighted by atomic mass is 10.2. The topological polar surface area (TPSA) is 68.2 Å². The number of carbonyl (C=O) groups is 1. The van der Waals surface area contributed by atoms with E-state index in [0.717, 1.165) is 22.7 Å². The summed E-state index contributed by atoms with van der Waals surface area (Å²) in [5, 5.41) is 10.1. The Balaban J connectivity index is 1.78. The van der Waals surface area contributed by atoms with Gasteiger partial charge in [0.15, 0.2) is 0 Å². The molecule has 0 unspecified atom stereocenters. The van der Waals surface area contributed by atoms with E-state index in [0.29, 0.717) is 25.4 Å². The van der Waals surface area contributed by atoms with E-state index in [-0.39, 0.29) is 6.03 Å². The summed E-state index contributed by atoms with van der Waals surface area (Å²) in [6.07, 6.45) is 0. The van der Waals surface area contributed by atoms with Crippen molar-refractivity contribution in [1.29, 1.82) is 0 Å². The first-order valence-electron chi connectivity index (χ1n) is 8.29. The van der Waals surface area contributed by atoms with Crippen LogP contribution in [0.4, 0.5) is 10.5 Å². The molecule has 2 amide bonds. The molecular formula is C19H26N4O2. The molecule has 1 heterocycles. The van der Waals surface area contributed by atoms with E-state index in [1.807, 2.05) is 37.6 Å². The number of benzene rings is 1. The van der Waals surface area contributed by atoms with Crippen molar-refractivity contribution in [1.82, 2.24) is 15.1 Å². The Bertz CT molecular complexity index is 748. The molecule has 0 aliphatic rings. The van der Waals surface area contributed by atoms with E-state index < -0.39 is 0 Å². The van der Waals surface area contributed by atoms with Crippen LogP contribution in [0.25, 0.3) is 0 Å². The molecule has 2 aromatic rings. The molecule has 134 valence electrons. The molecule has 0 atom stereocenters. The standard InChI is InChI=1S/C19H26N4O2/c1-13(2)12-25-18-8-6-17(7-9-18)21-19(24)20-10-11-23-16(5)14(3)15(4)22-23/h6-9H,1,10-12H2,2-5H3,(H2,20,21,24). The van der Waals surface area contributed by atoms with Gasteiger partial charge in [0.2, 0.25) is 0 Å². The van der Waals surface area contributed by atoms with Crippen LogP contribution in [0.3, 0.4) is 0 Å². The third kappa shape index (κ3) is 5.38. The molecular weight excluding hydrogens is 316 g/mol. The van der Waals surface area contributed by atoms with Gasteiger partial charge < -0.3 is 15.4 Å². The first-order chi connectivity index (χ1) is 11.9. The largest absolute Gasteiger partial charge is 0.489 e. The van der Waals surface area contributed by atoms with Gasteiger partial charge in [-0.25, -0.2) is 4.79 Å². The van der Waals surface area contributed by atoms with Gasteiger partial charge >= 0.3 is 6.03 Å². The van der Waals surface area contributed by atoms with Gasteiger partial charge in [0.05, 0.1) is 12.2 Å². The van der Waals surface area contributed by atoms with Crippen molar-refractivity contribution in [2.75, 3.05) is 18.5 Å². The maximum atomic E-state index is 12.0. The van der Waals surface area contributed by atoms with Gasteiger partial charge in [-0.2, -0.15) is 5.10 Å². The Kier molecular flexibility index (Phi) is 6.22. The minimum absolute atomic E-state index is 0.242. The van der Waals surface area contributed by atoms with Crippen LogP contribution in [0, 0.1) is 20.8 Å². The number of ether oxygens (including phenoxy) is 1. The van der Waals surface area contributed by atoms with Gasteiger partial charge in [0.25, 0.3) is 0 Å². The molecule has 1 aromatic heterocycles. The van der Waals surface area contributed by atoms with Crippen molar-refractivity contribution >= 4 is 11.7 Å². The van der Waals surface area contributed by atoms with Crippen molar-refractivity contribution in [3.8, 4) is 5.75 Å². The fraction of sp³-hybridized carbons (Fsp3) is 0.368. The third-order valence-electron chi connectivity index (χ3n) is 3.95. The number of hydrogen-bond donors (Lipinski definition) is 2. The van der Waals surface area contributed by atoms with E-state index in [9.17, 15) is 4.79 Å². The van der Waals surface area contributed by atoms with Gasteiger partial charge in [-0.15, -0.1) is 0 Å². The maximum Gasteiger partial charge on any atom is 0.319 e. The lowest BCUT2D eigenvalue weighted by molar-refractivity contribution is 0.251. The van der Waals surface area contributed by atoms with Gasteiger partial charge in [0.1, 0.15) is 12.4 Å². The summed E-state index contributed by atoms with van der Waals surface area (Å²) in [4.78, 5) is 12.0. The first kappa shape index (κ1) is 18.6. The van der Waals surface area contributed by atoms with Crippen LogP contribution in [0.1, 0.15) is 23.9 Å². The first-order valence-corrected chi connectivity index (χ1v) is 8.29. The molecule has 0 radical (unpaired) electrons. The van der Waals surface area contributed by atoms with E-state index in [1.54, 1.807) is 12.1 Å². The number of carbonyl (C=O) groups excluding carboxylic acids is 1. The summed E-state index contributed by atoms with van der Waals surface area (Å²) in [7, 11) is 0. The Morgan fingerprint density at radius 2 is 1.92 bits per heavy atom. The molecule has 0 spiro atoms. The maximum absolute atomic E-state index is 12.0. The summed E-state index contributed by atoms with van der Waals surface area (Å²) in [5.41, 5.74) is 5.01. The zero-order valence-electron chi connectivity index (χ0n) is 15.3. The molecule has 0 fully saturated rings. The normalized spacial score (nSPS) is 10.4. The number of anilines is 1. The summed E-state index contributed by atoms with van der Waals surface area (Å²) in [6.45, 7) is 13.4. The SMILES string of the molecule is C=C(C)COc1ccc(NC(=O)NCCn2nc(C)c(C)c2C)cc1. The van der Waals surface area contributed by atoms with Crippen molar-refractivity contribution in [2.45, 2.75) is 34.2 Å². The number of hydrogen-bond acceptors (Lipinski definition) is 3. The second-order valence-corrected chi connectivity index (χ2v) is 6.17. The van der Waals surface area contributed by atoms with Crippen molar-refractivity contribution in [3.63, 3.8) is 0 Å². The molecule has 6 heteroatoms. The Morgan fingerprint density at radius 3 is 2.48 bits per heavy atom. The van der Waals surface area contributed by atoms with Crippen LogP contribution in [0.2, 0.25) is 0 Å². The van der Waals surface area contributed by atoms with Gasteiger partial charge in [-0.05, 0) is 63.1 Å². The summed E-state index contributed by atoms with van der Waals surface area (Å²) in [5.74, 6) is 0.744. The number of nitrogens with one attached hydrogen (secondary N) is 2. The lowest BCUT2D eigenvalue weighted by Gasteiger charge is -2.10. The molecule has 2 rings (SSSR count). The minimum atomic E-state index is -0.242. The number of amides is 2. The predicted molar refractivity (Wildman–Crippen MR) is 100 cm³/mol. The number of aromatic nitrogens is 2. The van der Waals surface area contributed by atoms with Crippen LogP contribution in [0.5, 0.6) is 5.75 Å². The van der Waals surface area contributed by atoms with E-state index >= 15 is 0 Å². The average molecular weight is 342 g/mol. The average Bonchev–Trinajstić information content (AvgIpc) is 2.81. The molecule has 0 aliphatic carbocycles. The monoisotopic (exact) mass is 342 g/mol. The Hall–Kier alpha value is -2.76. The van der Waals surface area contributed by atoms with Crippen LogP contribution < -0.4 is 15.4 Å². The Labute approximate surface area is 148 Å². The minimum Gasteiger partial charge on any atom is -0.489 e. The summed E-state index contributed by atoms with van der Waals surface area (Å²) in [6, 6.07) is 7.00. The predicted octanol–water partition coefficient (Wildman–Crippen LogP) is 3.58. The fourth-order valence-electron chi connectivity index (χ4n) is 2.30. The summed E-state index contributed by atoms with van der Waals surface area (Å²) < 4.78 is 7.44. The number of urea groups is 1. The van der Waals surface area contributed by atoms with E-state index in [1.165, 1.54) is 5.56 Å². The van der Waals surface area contributed by atoms with Crippen molar-refractivity contribution in [2.24, 2.45) is 0 Å². The molecule has 0 saturated carbocycles. The van der Waals surface area contributed by atoms with Crippen LogP contribution in [-0.2, 0) is 6.54 Å². The smallest absolute Gasteiger partial charge is 0.319 e. The van der Waals surface area contributed by atoms with Crippen molar-refractivity contribution in [3.05, 3.63) is 53.4 Å². The zero-order valence-corrected chi connectivity index (χ0v) is 15.3. The fourth-order valence-corrected chi connectivity index (χ4v) is 2.30. The number of rotatable bonds is 7. The third-order valence-corrected chi connectivity index (χ3v) is 3.95. The molecule has 6 nitrogen and oxygen atoms in total. The van der Waals surface area contributed by atoms with E-state index in [2.05, 4.69) is 29.2 Å². The van der Waals surface area contributed by atoms with Crippen molar-refractivity contribution < 1.29 is 9.53 Å². The second-order valence-electron chi connectivity index (χ2n) is 6.17. The molecule has 1 aromatic carbocycles. The highest BCUT2D eigenvalue weighted by molar-refractivity contribution is 5.89. The summed E-state index contributed by atoms with van der Waals surface area (Å²) >= 11 is 0. The Morgan fingerprint density at radius 1 is 1.24 bits per heavy atom. The quantitative estimate of drug-likeness (QED) is 0.756. The molecule has 2 N–H and O–H groups in total. The lowest BCUT2D eigenvalue weighted by Crippen LogP contribution is -2.31. The number of nitrogens with zero attached hydrogens (tertiary/aromatic N) is 2. The van der Waals surface area contributed by atoms with Gasteiger partial charge in [0, 0.05) is 17.9 Å². The second kappa shape index (κ2) is 8.37. The molecule has 0 bridgehead atoms. The molecule has 0 saturated heterocycles. The van der Waals surface area contributed by atoms with Gasteiger partial charge in [-0.1, -0.05) is 6.58 Å². The van der Waals surface area contributed by atoms with Crippen LogP contribution >= 0.6 is 0 Å². The highest BCUT2D eigenvalue weighted by Crippen LogP contribution is 2.16.